The quantitative estimate of drug-likeness (QED) is 0.480. The molecule has 0 aromatic carbocycles. The van der Waals surface area contributed by atoms with E-state index in [-0.39, 0.29) is 0 Å². The Kier molecular flexibility index (Phi) is 5.17. The summed E-state index contributed by atoms with van der Waals surface area (Å²) in [4.78, 5) is 8.06. The molecule has 0 amide bonds. The van der Waals surface area contributed by atoms with E-state index in [1.54, 1.807) is 0 Å². The molecule has 3 unspecified atom stereocenters. The van der Waals surface area contributed by atoms with Crippen LogP contribution in [0.5, 0.6) is 0 Å². The standard InChI is InChI=1S/C2H9NO5P2/c1-2(3)7-10(6)8-9(4)5/h2,9-10H,3H2,1H3,(H,4,5). The van der Waals surface area contributed by atoms with Crippen LogP contribution >= 0.6 is 16.5 Å². The van der Waals surface area contributed by atoms with Gasteiger partial charge in [-0.2, -0.15) is 0 Å². The second-order valence-electron chi connectivity index (χ2n) is 1.44. The van der Waals surface area contributed by atoms with Crippen molar-refractivity contribution in [3.63, 3.8) is 0 Å². The highest BCUT2D eigenvalue weighted by molar-refractivity contribution is 7.47. The van der Waals surface area contributed by atoms with E-state index in [4.69, 9.17) is 10.6 Å². The normalized spacial score (nSPS) is 19.9. The molecule has 0 aliphatic rings. The zero-order valence-electron chi connectivity index (χ0n) is 5.23. The summed E-state index contributed by atoms with van der Waals surface area (Å²) < 4.78 is 28.5. The Balaban J connectivity index is 3.54. The third-order valence-corrected chi connectivity index (χ3v) is 2.38. The van der Waals surface area contributed by atoms with Gasteiger partial charge in [-0.25, -0.2) is 4.31 Å². The zero-order valence-corrected chi connectivity index (χ0v) is 7.23. The van der Waals surface area contributed by atoms with Crippen molar-refractivity contribution >= 4 is 16.5 Å². The Bertz CT molecular complexity index is 147. The lowest BCUT2D eigenvalue weighted by Gasteiger charge is -2.04. The van der Waals surface area contributed by atoms with Crippen LogP contribution < -0.4 is 5.73 Å². The molecule has 0 heterocycles. The van der Waals surface area contributed by atoms with Gasteiger partial charge in [-0.3, -0.25) is 13.7 Å². The van der Waals surface area contributed by atoms with Crippen LogP contribution in [0, 0.1) is 0 Å². The fourth-order valence-corrected chi connectivity index (χ4v) is 1.31. The lowest BCUT2D eigenvalue weighted by molar-refractivity contribution is 0.214. The molecule has 0 aromatic heterocycles. The topological polar surface area (TPSA) is 98.9 Å². The lowest BCUT2D eigenvalue weighted by Crippen LogP contribution is -2.15. The van der Waals surface area contributed by atoms with E-state index in [9.17, 15) is 9.13 Å². The summed E-state index contributed by atoms with van der Waals surface area (Å²) in [5.74, 6) is 0. The van der Waals surface area contributed by atoms with Gasteiger partial charge in [0.2, 0.25) is 0 Å². The van der Waals surface area contributed by atoms with Crippen molar-refractivity contribution in [2.75, 3.05) is 0 Å². The average molecular weight is 189 g/mol. The Morgan fingerprint density at radius 3 is 2.40 bits per heavy atom. The first-order chi connectivity index (χ1) is 4.52. The van der Waals surface area contributed by atoms with Crippen LogP contribution in [0.4, 0.5) is 0 Å². The number of rotatable bonds is 4. The van der Waals surface area contributed by atoms with Gasteiger partial charge in [0.25, 0.3) is 0 Å². The van der Waals surface area contributed by atoms with Crippen molar-refractivity contribution in [1.29, 1.82) is 0 Å². The molecule has 6 nitrogen and oxygen atoms in total. The first kappa shape index (κ1) is 10.3. The van der Waals surface area contributed by atoms with Crippen molar-refractivity contribution in [1.82, 2.24) is 0 Å². The second-order valence-corrected chi connectivity index (χ2v) is 3.52. The molecule has 0 aliphatic heterocycles. The van der Waals surface area contributed by atoms with Gasteiger partial charge < -0.3 is 10.6 Å². The van der Waals surface area contributed by atoms with Gasteiger partial charge in [0.1, 0.15) is 6.23 Å². The number of hydrogen-bond donors (Lipinski definition) is 2. The molecule has 62 valence electrons. The predicted octanol–water partition coefficient (Wildman–Crippen LogP) is 0.0960. The Morgan fingerprint density at radius 1 is 1.60 bits per heavy atom. The molecule has 0 spiro atoms. The van der Waals surface area contributed by atoms with E-state index < -0.39 is 22.7 Å². The average Bonchev–Trinajstić information content (AvgIpc) is 1.58. The highest BCUT2D eigenvalue weighted by Gasteiger charge is 2.04. The van der Waals surface area contributed by atoms with Gasteiger partial charge in [0.15, 0.2) is 0 Å². The summed E-state index contributed by atoms with van der Waals surface area (Å²) in [7, 11) is -6.06. The van der Waals surface area contributed by atoms with Gasteiger partial charge in [-0.05, 0) is 6.92 Å². The van der Waals surface area contributed by atoms with E-state index >= 15 is 0 Å². The van der Waals surface area contributed by atoms with Crippen molar-refractivity contribution in [2.45, 2.75) is 13.2 Å². The van der Waals surface area contributed by atoms with Crippen LogP contribution in [0.2, 0.25) is 0 Å². The maximum atomic E-state index is 10.4. The number of nitrogens with two attached hydrogens (primary N) is 1. The maximum Gasteiger partial charge on any atom is 0.327 e. The summed E-state index contributed by atoms with van der Waals surface area (Å²) in [5.41, 5.74) is 5.02. The molecule has 8 heteroatoms. The van der Waals surface area contributed by atoms with Gasteiger partial charge in [-0.1, -0.05) is 0 Å². The van der Waals surface area contributed by atoms with E-state index in [1.807, 2.05) is 0 Å². The van der Waals surface area contributed by atoms with Gasteiger partial charge in [0.05, 0.1) is 0 Å². The monoisotopic (exact) mass is 189 g/mol. The van der Waals surface area contributed by atoms with Crippen LogP contribution in [0.25, 0.3) is 0 Å². The second kappa shape index (κ2) is 5.02. The Labute approximate surface area is 59.2 Å². The largest absolute Gasteiger partial charge is 0.327 e. The van der Waals surface area contributed by atoms with Gasteiger partial charge in [0, 0.05) is 0 Å². The van der Waals surface area contributed by atoms with Crippen LogP contribution in [-0.2, 0) is 18.0 Å². The highest BCUT2D eigenvalue weighted by atomic mass is 31.2. The molecule has 0 saturated heterocycles. The van der Waals surface area contributed by atoms with Crippen molar-refractivity contribution < 1.29 is 22.9 Å². The van der Waals surface area contributed by atoms with Crippen molar-refractivity contribution in [3.8, 4) is 0 Å². The summed E-state index contributed by atoms with van der Waals surface area (Å²) in [6, 6.07) is 0. The molecule has 3 atom stereocenters. The molecule has 0 fully saturated rings. The van der Waals surface area contributed by atoms with E-state index in [1.165, 1.54) is 6.92 Å². The van der Waals surface area contributed by atoms with Gasteiger partial charge >= 0.3 is 16.5 Å². The van der Waals surface area contributed by atoms with Crippen LogP contribution in [-0.4, -0.2) is 11.1 Å². The van der Waals surface area contributed by atoms with E-state index in [2.05, 4.69) is 8.83 Å². The molecular weight excluding hydrogens is 180 g/mol. The highest BCUT2D eigenvalue weighted by Crippen LogP contribution is 2.36. The smallest absolute Gasteiger partial charge is 0.326 e. The Morgan fingerprint density at radius 2 is 2.10 bits per heavy atom. The molecule has 0 aromatic rings. The van der Waals surface area contributed by atoms with Crippen molar-refractivity contribution in [2.24, 2.45) is 5.73 Å². The van der Waals surface area contributed by atoms with E-state index in [0.717, 1.165) is 0 Å². The molecule has 0 radical (unpaired) electrons. The van der Waals surface area contributed by atoms with Crippen LogP contribution in [0.15, 0.2) is 0 Å². The maximum absolute atomic E-state index is 10.4. The van der Waals surface area contributed by atoms with Gasteiger partial charge in [-0.15, -0.1) is 0 Å². The molecule has 0 rings (SSSR count). The minimum absolute atomic E-state index is 0.757. The molecular formula is C2H9NO5P2. The van der Waals surface area contributed by atoms with E-state index in [0.29, 0.717) is 0 Å². The molecule has 0 bridgehead atoms. The van der Waals surface area contributed by atoms with Crippen LogP contribution in [0.1, 0.15) is 6.92 Å². The third kappa shape index (κ3) is 6.42. The van der Waals surface area contributed by atoms with Crippen LogP contribution in [0.3, 0.4) is 0 Å². The fourth-order valence-electron chi connectivity index (χ4n) is 0.247. The summed E-state index contributed by atoms with van der Waals surface area (Å²) in [6.45, 7) is 1.43. The van der Waals surface area contributed by atoms with Crippen molar-refractivity contribution in [3.05, 3.63) is 0 Å². The fraction of sp³-hybridized carbons (Fsp3) is 1.00. The molecule has 0 saturated carbocycles. The minimum Gasteiger partial charge on any atom is -0.326 e. The molecule has 0 aliphatic carbocycles. The number of hydrogen-bond acceptors (Lipinski definition) is 5. The Hall–Kier alpha value is 0.300. The predicted molar refractivity (Wildman–Crippen MR) is 36.0 cm³/mol. The lowest BCUT2D eigenvalue weighted by atomic mass is 10.7. The summed E-state index contributed by atoms with van der Waals surface area (Å²) in [5, 5.41) is 0. The zero-order chi connectivity index (χ0) is 8.15. The summed E-state index contributed by atoms with van der Waals surface area (Å²) >= 11 is 0. The molecule has 3 N–H and O–H groups in total. The minimum atomic E-state index is -3.18. The SMILES string of the molecule is CC(N)O[PH](=O)O[PH](=O)O. The first-order valence-corrected chi connectivity index (χ1v) is 4.88. The summed E-state index contributed by atoms with van der Waals surface area (Å²) in [6.07, 6.45) is -0.757. The molecule has 10 heavy (non-hydrogen) atoms. The third-order valence-electron chi connectivity index (χ3n) is 0.453. The first-order valence-electron chi connectivity index (χ1n) is 2.39.